The number of hydrogen-bond donors (Lipinski definition) is 0. The molecule has 6 nitrogen and oxygen atoms in total. The first kappa shape index (κ1) is 31.7. The number of phosphoric acid groups is 1. The molecule has 0 N–H and O–H groups in total. The third-order valence-corrected chi connectivity index (χ3v) is 3.25. The smallest absolute Gasteiger partial charge is 0.0675 e. The van der Waals surface area contributed by atoms with Crippen molar-refractivity contribution in [2.75, 3.05) is 63.0 Å². The molecule has 168 valence electrons. The van der Waals surface area contributed by atoms with Gasteiger partial charge in [-0.15, -0.1) is 0 Å². The molecule has 0 fully saturated rings. The van der Waals surface area contributed by atoms with E-state index in [4.69, 9.17) is 0 Å². The second-order valence-electron chi connectivity index (χ2n) is 9.83. The van der Waals surface area contributed by atoms with Crippen molar-refractivity contribution in [1.82, 2.24) is 0 Å². The van der Waals surface area contributed by atoms with E-state index in [1.54, 1.807) is 0 Å². The van der Waals surface area contributed by atoms with E-state index in [0.29, 0.717) is 6.42 Å². The minimum atomic E-state index is -4.74. The largest absolute Gasteiger partial charge is 0.790 e. The Hall–Kier alpha value is 0.0300. The maximum atomic E-state index is 10.1. The second-order valence-corrected chi connectivity index (χ2v) is 11.0. The van der Waals surface area contributed by atoms with E-state index in [1.165, 1.54) is 44.9 Å². The lowest BCUT2D eigenvalue weighted by molar-refractivity contribution is -0.849. The van der Waals surface area contributed by atoms with Gasteiger partial charge in [-0.2, -0.15) is 0 Å². The highest BCUT2D eigenvalue weighted by Gasteiger charge is 1.94. The van der Waals surface area contributed by atoms with Crippen molar-refractivity contribution in [1.29, 1.82) is 0 Å². The van der Waals surface area contributed by atoms with Crippen LogP contribution in [0.1, 0.15) is 71.1 Å². The second kappa shape index (κ2) is 18.1. The summed E-state index contributed by atoms with van der Waals surface area (Å²) < 4.78 is 16.3. The highest BCUT2D eigenvalue weighted by Crippen LogP contribution is 2.24. The Kier molecular flexibility index (Phi) is 21.2. The van der Waals surface area contributed by atoms with Gasteiger partial charge < -0.3 is 27.8 Å². The molecular weight excluding hydrogens is 363 g/mol. The Morgan fingerprint density at radius 1 is 0.630 bits per heavy atom. The Bertz CT molecular complexity index is 323. The summed E-state index contributed by atoms with van der Waals surface area (Å²) in [7, 11) is 12.3. The minimum Gasteiger partial charge on any atom is -0.790 e. The molecule has 0 aromatic carbocycles. The Labute approximate surface area is 170 Å². The van der Waals surface area contributed by atoms with Crippen LogP contribution in [-0.2, 0) is 9.09 Å². The molecule has 0 aliphatic rings. The van der Waals surface area contributed by atoms with Gasteiger partial charge >= 0.3 is 0 Å². The normalized spacial score (nSPS) is 12.0. The van der Waals surface area contributed by atoms with Crippen molar-refractivity contribution >= 4 is 7.82 Å². The van der Waals surface area contributed by atoms with Crippen LogP contribution in [0.3, 0.4) is 0 Å². The van der Waals surface area contributed by atoms with Gasteiger partial charge in [0, 0.05) is 0 Å². The van der Waals surface area contributed by atoms with Gasteiger partial charge in [0.1, 0.15) is 0 Å². The summed E-state index contributed by atoms with van der Waals surface area (Å²) in [6.45, 7) is 2.26. The Balaban J connectivity index is -0.000000471. The summed E-state index contributed by atoms with van der Waals surface area (Å²) in [6.07, 6.45) is 11.7. The Morgan fingerprint density at radius 2 is 0.889 bits per heavy atom. The topological polar surface area (TPSA) is 72.4 Å². The van der Waals surface area contributed by atoms with E-state index in [0.717, 1.165) is 21.8 Å². The third kappa shape index (κ3) is 76.4. The highest BCUT2D eigenvalue weighted by molar-refractivity contribution is 7.43. The zero-order chi connectivity index (χ0) is 22.0. The van der Waals surface area contributed by atoms with E-state index >= 15 is 0 Å². The van der Waals surface area contributed by atoms with Crippen LogP contribution in [0.25, 0.3) is 0 Å². The average Bonchev–Trinajstić information content (AvgIpc) is 2.40. The van der Waals surface area contributed by atoms with Gasteiger partial charge in [0.15, 0.2) is 0 Å². The molecular formula is C20H49N2O4P. The van der Waals surface area contributed by atoms with Gasteiger partial charge in [-0.1, -0.05) is 64.7 Å². The van der Waals surface area contributed by atoms with E-state index in [2.05, 4.69) is 67.8 Å². The number of unbranched alkanes of at least 4 members (excludes halogenated alkanes) is 9. The fraction of sp³-hybridized carbons (Fsp3) is 1.00. The number of rotatable bonds is 12. The summed E-state index contributed by atoms with van der Waals surface area (Å²) in [5.41, 5.74) is 0. The lowest BCUT2D eigenvalue weighted by atomic mass is 10.1. The SMILES string of the molecule is CCCCCCCCCCCCOP(=O)([O-])[O-].C[N+](C)(C)C.C[N+](C)(C)C. The van der Waals surface area contributed by atoms with Crippen LogP contribution in [-0.4, -0.2) is 72.0 Å². The molecule has 0 rings (SSSR count). The molecule has 0 aromatic heterocycles. The van der Waals surface area contributed by atoms with Crippen molar-refractivity contribution in [2.45, 2.75) is 71.1 Å². The third-order valence-electron chi connectivity index (χ3n) is 2.75. The van der Waals surface area contributed by atoms with Crippen LogP contribution in [0.2, 0.25) is 0 Å². The zero-order valence-corrected chi connectivity index (χ0v) is 20.6. The summed E-state index contributed by atoms with van der Waals surface area (Å²) in [4.78, 5) is 20.3. The quantitative estimate of drug-likeness (QED) is 0.280. The highest BCUT2D eigenvalue weighted by atomic mass is 31.2. The maximum absolute atomic E-state index is 10.1. The lowest BCUT2D eigenvalue weighted by Crippen LogP contribution is -2.27. The van der Waals surface area contributed by atoms with Crippen LogP contribution in [0.15, 0.2) is 0 Å². The maximum Gasteiger partial charge on any atom is 0.0675 e. The van der Waals surface area contributed by atoms with Crippen LogP contribution in [0.4, 0.5) is 0 Å². The molecule has 0 heterocycles. The molecule has 0 saturated heterocycles. The van der Waals surface area contributed by atoms with Crippen LogP contribution >= 0.6 is 7.82 Å². The fourth-order valence-electron chi connectivity index (χ4n) is 1.77. The zero-order valence-electron chi connectivity index (χ0n) is 19.8. The van der Waals surface area contributed by atoms with Gasteiger partial charge in [0.05, 0.1) is 70.8 Å². The van der Waals surface area contributed by atoms with Gasteiger partial charge in [-0.25, -0.2) is 0 Å². The van der Waals surface area contributed by atoms with Gasteiger partial charge in [0.2, 0.25) is 0 Å². The van der Waals surface area contributed by atoms with E-state index in [-0.39, 0.29) is 6.61 Å². The van der Waals surface area contributed by atoms with Gasteiger partial charge in [-0.05, 0) is 6.42 Å². The predicted octanol–water partition coefficient (Wildman–Crippen LogP) is 3.40. The summed E-state index contributed by atoms with van der Waals surface area (Å²) in [6, 6.07) is 0. The van der Waals surface area contributed by atoms with Crippen LogP contribution < -0.4 is 9.79 Å². The summed E-state index contributed by atoms with van der Waals surface area (Å²) >= 11 is 0. The number of nitrogens with zero attached hydrogens (tertiary/aromatic N) is 2. The molecule has 0 saturated carbocycles. The van der Waals surface area contributed by atoms with Crippen LogP contribution in [0, 0.1) is 0 Å². The molecule has 0 amide bonds. The van der Waals surface area contributed by atoms with E-state index in [1.807, 2.05) is 0 Å². The number of phosphoric ester groups is 1. The first-order chi connectivity index (χ1) is 12.1. The first-order valence-corrected chi connectivity index (χ1v) is 11.8. The first-order valence-electron chi connectivity index (χ1n) is 10.3. The molecule has 0 spiro atoms. The number of quaternary nitrogens is 2. The molecule has 0 aliphatic heterocycles. The van der Waals surface area contributed by atoms with Gasteiger partial charge in [0.25, 0.3) is 0 Å². The summed E-state index contributed by atoms with van der Waals surface area (Å²) in [5.74, 6) is 0. The van der Waals surface area contributed by atoms with Crippen molar-refractivity contribution in [2.24, 2.45) is 0 Å². The monoisotopic (exact) mass is 412 g/mol. The van der Waals surface area contributed by atoms with Crippen molar-refractivity contribution in [3.05, 3.63) is 0 Å². The van der Waals surface area contributed by atoms with Crippen molar-refractivity contribution in [3.8, 4) is 0 Å². The predicted molar refractivity (Wildman–Crippen MR) is 113 cm³/mol. The lowest BCUT2D eigenvalue weighted by Gasteiger charge is -2.28. The molecule has 0 unspecified atom stereocenters. The fourth-order valence-corrected chi connectivity index (χ4v) is 2.12. The number of hydrogen-bond acceptors (Lipinski definition) is 4. The Morgan fingerprint density at radius 3 is 1.15 bits per heavy atom. The van der Waals surface area contributed by atoms with Crippen LogP contribution in [0.5, 0.6) is 0 Å². The molecule has 0 radical (unpaired) electrons. The van der Waals surface area contributed by atoms with E-state index < -0.39 is 7.82 Å². The molecule has 0 aromatic rings. The standard InChI is InChI=1S/C12H27O4P.2C4H12N/c1-2-3-4-5-6-7-8-9-10-11-12-16-17(13,14)15;2*1-5(2,3)4/h2-12H2,1H3,(H2,13,14,15);2*1-4H3/q;2*+1/p-2. The van der Waals surface area contributed by atoms with E-state index in [9.17, 15) is 14.4 Å². The molecule has 0 atom stereocenters. The molecule has 0 bridgehead atoms. The van der Waals surface area contributed by atoms with Crippen molar-refractivity contribution < 1.29 is 27.8 Å². The minimum absolute atomic E-state index is 0.0424. The molecule has 7 heteroatoms. The molecule has 0 aliphatic carbocycles. The summed E-state index contributed by atoms with van der Waals surface area (Å²) in [5, 5.41) is 0. The molecule has 27 heavy (non-hydrogen) atoms. The average molecular weight is 413 g/mol. The van der Waals surface area contributed by atoms with Crippen molar-refractivity contribution in [3.63, 3.8) is 0 Å². The van der Waals surface area contributed by atoms with Gasteiger partial charge in [-0.3, -0.25) is 0 Å².